The van der Waals surface area contributed by atoms with Gasteiger partial charge in [0.05, 0.1) is 16.8 Å². The van der Waals surface area contributed by atoms with Crippen molar-refractivity contribution in [2.45, 2.75) is 0 Å². The molecule has 1 heterocycles. The standard InChI is InChI=1S/C18H13FN2O3/c1-21-17(23)13-3-2-4-14(16(13)18(21)24)20-15(22)10-7-11-5-8-12(19)9-6-11/h2-10H,1H3,(H,20,22)/b10-7+. The van der Waals surface area contributed by atoms with E-state index in [2.05, 4.69) is 5.32 Å². The van der Waals surface area contributed by atoms with E-state index in [-0.39, 0.29) is 22.6 Å². The summed E-state index contributed by atoms with van der Waals surface area (Å²) in [7, 11) is 1.39. The van der Waals surface area contributed by atoms with Crippen LogP contribution in [0.1, 0.15) is 26.3 Å². The van der Waals surface area contributed by atoms with E-state index in [0.717, 1.165) is 4.90 Å². The number of anilines is 1. The molecule has 6 heteroatoms. The molecule has 0 bridgehead atoms. The predicted octanol–water partition coefficient (Wildman–Crippen LogP) is 2.70. The second-order valence-corrected chi connectivity index (χ2v) is 5.27. The van der Waals surface area contributed by atoms with Gasteiger partial charge in [0.1, 0.15) is 5.82 Å². The highest BCUT2D eigenvalue weighted by atomic mass is 19.1. The Morgan fingerprint density at radius 1 is 1.08 bits per heavy atom. The summed E-state index contributed by atoms with van der Waals surface area (Å²) in [4.78, 5) is 37.1. The van der Waals surface area contributed by atoms with Gasteiger partial charge in [-0.2, -0.15) is 0 Å². The third-order valence-corrected chi connectivity index (χ3v) is 3.67. The molecule has 5 nitrogen and oxygen atoms in total. The highest BCUT2D eigenvalue weighted by Crippen LogP contribution is 2.28. The maximum absolute atomic E-state index is 12.8. The van der Waals surface area contributed by atoms with Gasteiger partial charge in [-0.15, -0.1) is 0 Å². The molecule has 3 amide bonds. The van der Waals surface area contributed by atoms with Gasteiger partial charge in [0.15, 0.2) is 0 Å². The fraction of sp³-hybridized carbons (Fsp3) is 0.0556. The first-order valence-electron chi connectivity index (χ1n) is 7.17. The number of halogens is 1. The topological polar surface area (TPSA) is 66.5 Å². The van der Waals surface area contributed by atoms with Crippen LogP contribution in [0.2, 0.25) is 0 Å². The second-order valence-electron chi connectivity index (χ2n) is 5.27. The molecule has 0 saturated heterocycles. The molecule has 0 unspecified atom stereocenters. The van der Waals surface area contributed by atoms with E-state index in [4.69, 9.17) is 0 Å². The van der Waals surface area contributed by atoms with E-state index in [1.54, 1.807) is 18.2 Å². The molecule has 0 atom stereocenters. The van der Waals surface area contributed by atoms with Gasteiger partial charge in [0.25, 0.3) is 11.8 Å². The Morgan fingerprint density at radius 2 is 1.79 bits per heavy atom. The number of amides is 3. The average Bonchev–Trinajstić information content (AvgIpc) is 2.80. The van der Waals surface area contributed by atoms with E-state index in [0.29, 0.717) is 5.56 Å². The number of hydrogen-bond acceptors (Lipinski definition) is 3. The molecule has 0 radical (unpaired) electrons. The quantitative estimate of drug-likeness (QED) is 0.697. The summed E-state index contributed by atoms with van der Waals surface area (Å²) in [5.41, 5.74) is 1.40. The van der Waals surface area contributed by atoms with Crippen LogP contribution in [0, 0.1) is 5.82 Å². The minimum atomic E-state index is -0.456. The minimum Gasteiger partial charge on any atom is -0.322 e. The van der Waals surface area contributed by atoms with Crippen LogP contribution in [0.25, 0.3) is 6.08 Å². The van der Waals surface area contributed by atoms with Crippen molar-refractivity contribution in [1.82, 2.24) is 4.90 Å². The lowest BCUT2D eigenvalue weighted by molar-refractivity contribution is -0.111. The van der Waals surface area contributed by atoms with Crippen LogP contribution in [0.5, 0.6) is 0 Å². The number of benzene rings is 2. The third-order valence-electron chi connectivity index (χ3n) is 3.67. The molecule has 24 heavy (non-hydrogen) atoms. The van der Waals surface area contributed by atoms with Gasteiger partial charge >= 0.3 is 0 Å². The molecule has 1 N–H and O–H groups in total. The lowest BCUT2D eigenvalue weighted by atomic mass is 10.1. The van der Waals surface area contributed by atoms with Crippen LogP contribution in [-0.2, 0) is 4.79 Å². The van der Waals surface area contributed by atoms with Gasteiger partial charge in [-0.1, -0.05) is 18.2 Å². The third kappa shape index (κ3) is 2.81. The maximum Gasteiger partial charge on any atom is 0.263 e. The van der Waals surface area contributed by atoms with Crippen molar-refractivity contribution in [3.05, 3.63) is 71.0 Å². The molecule has 0 spiro atoms. The average molecular weight is 324 g/mol. The Bertz CT molecular complexity index is 872. The molecule has 1 aliphatic heterocycles. The zero-order chi connectivity index (χ0) is 17.3. The molecule has 0 aromatic heterocycles. The molecule has 0 saturated carbocycles. The zero-order valence-electron chi connectivity index (χ0n) is 12.7. The van der Waals surface area contributed by atoms with E-state index in [9.17, 15) is 18.8 Å². The first kappa shape index (κ1) is 15.6. The van der Waals surface area contributed by atoms with Crippen LogP contribution < -0.4 is 5.32 Å². The number of nitrogens with zero attached hydrogens (tertiary/aromatic N) is 1. The van der Waals surface area contributed by atoms with Crippen LogP contribution in [-0.4, -0.2) is 29.7 Å². The van der Waals surface area contributed by atoms with Gasteiger partial charge in [-0.3, -0.25) is 19.3 Å². The van der Waals surface area contributed by atoms with Gasteiger partial charge in [-0.25, -0.2) is 4.39 Å². The molecule has 120 valence electrons. The van der Waals surface area contributed by atoms with Gasteiger partial charge < -0.3 is 5.32 Å². The first-order chi connectivity index (χ1) is 11.5. The van der Waals surface area contributed by atoms with Crippen molar-refractivity contribution in [2.75, 3.05) is 12.4 Å². The van der Waals surface area contributed by atoms with Crippen molar-refractivity contribution in [3.63, 3.8) is 0 Å². The SMILES string of the molecule is CN1C(=O)c2cccc(NC(=O)/C=C/c3ccc(F)cc3)c2C1=O. The van der Waals surface area contributed by atoms with E-state index in [1.165, 1.54) is 43.5 Å². The van der Waals surface area contributed by atoms with E-state index in [1.807, 2.05) is 0 Å². The van der Waals surface area contributed by atoms with Crippen molar-refractivity contribution >= 4 is 29.5 Å². The smallest absolute Gasteiger partial charge is 0.263 e. The Labute approximate surface area is 137 Å². The van der Waals surface area contributed by atoms with E-state index >= 15 is 0 Å². The molecular formula is C18H13FN2O3. The summed E-state index contributed by atoms with van der Waals surface area (Å²) in [6.45, 7) is 0. The Balaban J connectivity index is 1.80. The van der Waals surface area contributed by atoms with Gasteiger partial charge in [0.2, 0.25) is 5.91 Å². The van der Waals surface area contributed by atoms with Gasteiger partial charge in [0, 0.05) is 13.1 Å². The molecule has 2 aromatic carbocycles. The number of rotatable bonds is 3. The highest BCUT2D eigenvalue weighted by Gasteiger charge is 2.34. The van der Waals surface area contributed by atoms with Crippen LogP contribution in [0.15, 0.2) is 48.5 Å². The lowest BCUT2D eigenvalue weighted by Crippen LogP contribution is -2.24. The largest absolute Gasteiger partial charge is 0.322 e. The molecular weight excluding hydrogens is 311 g/mol. The van der Waals surface area contributed by atoms with Crippen molar-refractivity contribution in [1.29, 1.82) is 0 Å². The van der Waals surface area contributed by atoms with Crippen molar-refractivity contribution in [3.8, 4) is 0 Å². The number of carbonyl (C=O) groups is 3. The molecule has 3 rings (SSSR count). The van der Waals surface area contributed by atoms with Gasteiger partial charge in [-0.05, 0) is 35.9 Å². The number of imide groups is 1. The summed E-state index contributed by atoms with van der Waals surface area (Å²) in [6, 6.07) is 10.4. The molecule has 0 fully saturated rings. The highest BCUT2D eigenvalue weighted by molar-refractivity contribution is 6.24. The monoisotopic (exact) mass is 324 g/mol. The summed E-state index contributed by atoms with van der Waals surface area (Å²) in [5, 5.41) is 2.60. The lowest BCUT2D eigenvalue weighted by Gasteiger charge is -2.07. The summed E-state index contributed by atoms with van der Waals surface area (Å²) in [5.74, 6) is -1.66. The normalized spacial score (nSPS) is 13.5. The second kappa shape index (κ2) is 6.08. The molecule has 2 aromatic rings. The Hall–Kier alpha value is -3.28. The summed E-state index contributed by atoms with van der Waals surface area (Å²) >= 11 is 0. The molecule has 1 aliphatic rings. The number of fused-ring (bicyclic) bond motifs is 1. The summed E-state index contributed by atoms with van der Waals surface area (Å²) < 4.78 is 12.8. The van der Waals surface area contributed by atoms with Crippen LogP contribution in [0.4, 0.5) is 10.1 Å². The first-order valence-corrected chi connectivity index (χ1v) is 7.17. The Morgan fingerprint density at radius 3 is 2.50 bits per heavy atom. The number of hydrogen-bond donors (Lipinski definition) is 1. The summed E-state index contributed by atoms with van der Waals surface area (Å²) in [6.07, 6.45) is 2.80. The maximum atomic E-state index is 12.8. The number of nitrogens with one attached hydrogen (secondary N) is 1. The van der Waals surface area contributed by atoms with E-state index < -0.39 is 17.7 Å². The minimum absolute atomic E-state index is 0.188. The fourth-order valence-corrected chi connectivity index (χ4v) is 2.43. The molecule has 0 aliphatic carbocycles. The van der Waals surface area contributed by atoms with Crippen molar-refractivity contribution < 1.29 is 18.8 Å². The zero-order valence-corrected chi connectivity index (χ0v) is 12.7. The van der Waals surface area contributed by atoms with Crippen LogP contribution >= 0.6 is 0 Å². The fourth-order valence-electron chi connectivity index (χ4n) is 2.43. The van der Waals surface area contributed by atoms with Crippen molar-refractivity contribution in [2.24, 2.45) is 0 Å². The Kier molecular flexibility index (Phi) is 3.95. The number of carbonyl (C=O) groups excluding carboxylic acids is 3. The predicted molar refractivity (Wildman–Crippen MR) is 86.9 cm³/mol. The van der Waals surface area contributed by atoms with Crippen LogP contribution in [0.3, 0.4) is 0 Å².